The number of rotatable bonds is 10. The van der Waals surface area contributed by atoms with Crippen molar-refractivity contribution in [3.8, 4) is 5.75 Å². The van der Waals surface area contributed by atoms with Crippen LogP contribution in [0, 0.1) is 5.92 Å². The van der Waals surface area contributed by atoms with Crippen LogP contribution in [0.4, 0.5) is 0 Å². The van der Waals surface area contributed by atoms with Gasteiger partial charge in [-0.3, -0.25) is 0 Å². The number of ether oxygens (including phenoxy) is 2. The molecule has 0 N–H and O–H groups in total. The normalized spacial score (nSPS) is 13.0. The largest absolute Gasteiger partial charge is 0.497 e. The molecule has 0 heterocycles. The summed E-state index contributed by atoms with van der Waals surface area (Å²) in [6.07, 6.45) is 5.91. The molecule has 0 bridgehead atoms. The predicted octanol–water partition coefficient (Wildman–Crippen LogP) is 4.16. The van der Waals surface area contributed by atoms with E-state index in [9.17, 15) is 4.79 Å². The Morgan fingerprint density at radius 1 is 1.29 bits per heavy atom. The summed E-state index contributed by atoms with van der Waals surface area (Å²) in [6.45, 7) is 5.45. The summed E-state index contributed by atoms with van der Waals surface area (Å²) in [5.41, 5.74) is 2.38. The molecule has 1 aromatic carbocycles. The van der Waals surface area contributed by atoms with Gasteiger partial charge < -0.3 is 14.3 Å². The third-order valence-electron chi connectivity index (χ3n) is 3.41. The van der Waals surface area contributed by atoms with Crippen molar-refractivity contribution in [3.05, 3.63) is 41.5 Å². The van der Waals surface area contributed by atoms with Gasteiger partial charge in [0.05, 0.1) is 20.3 Å². The fraction of sp³-hybridized carbons (Fsp3) is 0.500. The van der Waals surface area contributed by atoms with E-state index in [0.717, 1.165) is 30.4 Å². The first-order valence-electron chi connectivity index (χ1n) is 7.45. The standard InChI is InChI=1S/C18H26O3/c1-15(11-12-19)5-4-6-16(2)13-21-14-17-7-9-18(20-3)10-8-17/h6-10,12,15H,4-5,11,13-14H2,1-3H3/b16-6+/t15-/m1/s1. The van der Waals surface area contributed by atoms with Crippen LogP contribution in [0.5, 0.6) is 5.75 Å². The number of allylic oxidation sites excluding steroid dienone is 1. The Labute approximate surface area is 128 Å². The molecule has 0 fully saturated rings. The van der Waals surface area contributed by atoms with Gasteiger partial charge in [-0.05, 0) is 43.4 Å². The number of benzene rings is 1. The zero-order valence-electron chi connectivity index (χ0n) is 13.3. The molecule has 1 aromatic rings. The molecule has 116 valence electrons. The Morgan fingerprint density at radius 3 is 2.62 bits per heavy atom. The molecular formula is C18H26O3. The monoisotopic (exact) mass is 290 g/mol. The molecule has 0 radical (unpaired) electrons. The van der Waals surface area contributed by atoms with E-state index in [1.54, 1.807) is 7.11 Å². The van der Waals surface area contributed by atoms with Crippen LogP contribution >= 0.6 is 0 Å². The van der Waals surface area contributed by atoms with E-state index in [4.69, 9.17) is 9.47 Å². The van der Waals surface area contributed by atoms with Gasteiger partial charge >= 0.3 is 0 Å². The van der Waals surface area contributed by atoms with E-state index < -0.39 is 0 Å². The topological polar surface area (TPSA) is 35.5 Å². The number of carbonyl (C=O) groups is 1. The Bertz CT molecular complexity index is 434. The van der Waals surface area contributed by atoms with E-state index >= 15 is 0 Å². The minimum absolute atomic E-state index is 0.465. The van der Waals surface area contributed by atoms with Crippen LogP contribution in [0.1, 0.15) is 38.7 Å². The molecule has 0 saturated heterocycles. The van der Waals surface area contributed by atoms with Gasteiger partial charge in [0.1, 0.15) is 12.0 Å². The Balaban J connectivity index is 2.22. The SMILES string of the molecule is COc1ccc(COC/C(C)=C/CC[C@@H](C)CC=O)cc1. The highest BCUT2D eigenvalue weighted by atomic mass is 16.5. The van der Waals surface area contributed by atoms with Gasteiger partial charge in [0.2, 0.25) is 0 Å². The lowest BCUT2D eigenvalue weighted by molar-refractivity contribution is -0.108. The fourth-order valence-electron chi connectivity index (χ4n) is 2.01. The number of methoxy groups -OCH3 is 1. The van der Waals surface area contributed by atoms with Crippen LogP contribution in [0.15, 0.2) is 35.9 Å². The summed E-state index contributed by atoms with van der Waals surface area (Å²) in [7, 11) is 1.66. The summed E-state index contributed by atoms with van der Waals surface area (Å²) in [4.78, 5) is 10.4. The van der Waals surface area contributed by atoms with Crippen LogP contribution in [-0.2, 0) is 16.1 Å². The summed E-state index contributed by atoms with van der Waals surface area (Å²) < 4.78 is 10.8. The van der Waals surface area contributed by atoms with Crippen molar-refractivity contribution < 1.29 is 14.3 Å². The number of hydrogen-bond donors (Lipinski definition) is 0. The van der Waals surface area contributed by atoms with Crippen molar-refractivity contribution in [1.82, 2.24) is 0 Å². The van der Waals surface area contributed by atoms with Crippen LogP contribution in [0.3, 0.4) is 0 Å². The smallest absolute Gasteiger partial charge is 0.120 e. The van der Waals surface area contributed by atoms with Crippen molar-refractivity contribution in [2.45, 2.75) is 39.7 Å². The lowest BCUT2D eigenvalue weighted by atomic mass is 10.0. The van der Waals surface area contributed by atoms with E-state index in [0.29, 0.717) is 25.6 Å². The van der Waals surface area contributed by atoms with Crippen molar-refractivity contribution >= 4 is 6.29 Å². The second kappa shape index (κ2) is 10.2. The zero-order chi connectivity index (χ0) is 15.5. The first-order valence-corrected chi connectivity index (χ1v) is 7.45. The maximum absolute atomic E-state index is 10.4. The summed E-state index contributed by atoms with van der Waals surface area (Å²) in [5, 5.41) is 0. The Hall–Kier alpha value is -1.61. The molecule has 0 saturated carbocycles. The lowest BCUT2D eigenvalue weighted by Gasteiger charge is -2.07. The van der Waals surface area contributed by atoms with E-state index in [1.807, 2.05) is 24.3 Å². The number of hydrogen-bond acceptors (Lipinski definition) is 3. The van der Waals surface area contributed by atoms with Crippen LogP contribution in [-0.4, -0.2) is 20.0 Å². The van der Waals surface area contributed by atoms with Crippen molar-refractivity contribution in [3.63, 3.8) is 0 Å². The van der Waals surface area contributed by atoms with E-state index in [2.05, 4.69) is 19.9 Å². The summed E-state index contributed by atoms with van der Waals surface area (Å²) in [5.74, 6) is 1.33. The van der Waals surface area contributed by atoms with Gasteiger partial charge in [-0.15, -0.1) is 0 Å². The van der Waals surface area contributed by atoms with Crippen molar-refractivity contribution in [2.75, 3.05) is 13.7 Å². The molecular weight excluding hydrogens is 264 g/mol. The van der Waals surface area contributed by atoms with Crippen LogP contribution in [0.2, 0.25) is 0 Å². The van der Waals surface area contributed by atoms with E-state index in [1.165, 1.54) is 5.57 Å². The summed E-state index contributed by atoms with van der Waals surface area (Å²) >= 11 is 0. The first kappa shape index (κ1) is 17.4. The average Bonchev–Trinajstić information content (AvgIpc) is 2.48. The zero-order valence-corrected chi connectivity index (χ0v) is 13.3. The Kier molecular flexibility index (Phi) is 8.44. The molecule has 0 amide bonds. The highest BCUT2D eigenvalue weighted by Crippen LogP contribution is 2.13. The third-order valence-corrected chi connectivity index (χ3v) is 3.41. The highest BCUT2D eigenvalue weighted by molar-refractivity contribution is 5.49. The minimum Gasteiger partial charge on any atom is -0.497 e. The average molecular weight is 290 g/mol. The molecule has 1 rings (SSSR count). The molecule has 1 atom stereocenters. The highest BCUT2D eigenvalue weighted by Gasteiger charge is 2.00. The van der Waals surface area contributed by atoms with Crippen LogP contribution < -0.4 is 4.74 Å². The van der Waals surface area contributed by atoms with Crippen molar-refractivity contribution in [1.29, 1.82) is 0 Å². The molecule has 0 aromatic heterocycles. The number of aldehydes is 1. The molecule has 21 heavy (non-hydrogen) atoms. The first-order chi connectivity index (χ1) is 10.2. The quantitative estimate of drug-likeness (QED) is 0.479. The van der Waals surface area contributed by atoms with Crippen LogP contribution in [0.25, 0.3) is 0 Å². The molecule has 0 aliphatic rings. The number of carbonyl (C=O) groups excluding carboxylic acids is 1. The molecule has 0 unspecified atom stereocenters. The van der Waals surface area contributed by atoms with Gasteiger partial charge in [-0.2, -0.15) is 0 Å². The van der Waals surface area contributed by atoms with E-state index in [-0.39, 0.29) is 0 Å². The van der Waals surface area contributed by atoms with Gasteiger partial charge in [0, 0.05) is 6.42 Å². The molecule has 3 heteroatoms. The maximum atomic E-state index is 10.4. The van der Waals surface area contributed by atoms with Gasteiger partial charge in [-0.1, -0.05) is 30.7 Å². The molecule has 0 aliphatic heterocycles. The predicted molar refractivity (Wildman–Crippen MR) is 85.5 cm³/mol. The second-order valence-corrected chi connectivity index (χ2v) is 5.48. The fourth-order valence-corrected chi connectivity index (χ4v) is 2.01. The minimum atomic E-state index is 0.465. The van der Waals surface area contributed by atoms with Gasteiger partial charge in [0.25, 0.3) is 0 Å². The third kappa shape index (κ3) is 7.66. The Morgan fingerprint density at radius 2 is 2.00 bits per heavy atom. The summed E-state index contributed by atoms with van der Waals surface area (Å²) in [6, 6.07) is 7.91. The second-order valence-electron chi connectivity index (χ2n) is 5.48. The molecule has 3 nitrogen and oxygen atoms in total. The van der Waals surface area contributed by atoms with Crippen molar-refractivity contribution in [2.24, 2.45) is 5.92 Å². The maximum Gasteiger partial charge on any atom is 0.120 e. The van der Waals surface area contributed by atoms with Gasteiger partial charge in [0.15, 0.2) is 0 Å². The lowest BCUT2D eigenvalue weighted by Crippen LogP contribution is -1.98. The molecule has 0 aliphatic carbocycles. The molecule has 0 spiro atoms. The van der Waals surface area contributed by atoms with Gasteiger partial charge in [-0.25, -0.2) is 0 Å².